The van der Waals surface area contributed by atoms with Crippen LogP contribution in [0.25, 0.3) is 10.9 Å². The number of pyridine rings is 1. The summed E-state index contributed by atoms with van der Waals surface area (Å²) in [4.78, 5) is 29.2. The highest BCUT2D eigenvalue weighted by Gasteiger charge is 2.21. The minimum atomic E-state index is -1.20. The largest absolute Gasteiger partial charge is 0.486 e. The fraction of sp³-hybridized carbons (Fsp3) is 0.179. The second-order valence-corrected chi connectivity index (χ2v) is 8.21. The number of benzene rings is 3. The lowest BCUT2D eigenvalue weighted by atomic mass is 10.0. The molecule has 1 heterocycles. The molecule has 184 valence electrons. The fourth-order valence-electron chi connectivity index (χ4n) is 3.79. The summed E-state index contributed by atoms with van der Waals surface area (Å²) >= 11 is 0. The van der Waals surface area contributed by atoms with Crippen molar-refractivity contribution in [1.82, 2.24) is 4.98 Å². The van der Waals surface area contributed by atoms with Gasteiger partial charge in [0, 0.05) is 18.7 Å². The van der Waals surface area contributed by atoms with E-state index in [9.17, 15) is 19.1 Å². The van der Waals surface area contributed by atoms with Crippen LogP contribution in [0.2, 0.25) is 0 Å². The molecule has 4 rings (SSSR count). The third kappa shape index (κ3) is 6.03. The molecule has 0 fully saturated rings. The zero-order chi connectivity index (χ0) is 25.5. The number of hydrogen-bond acceptors (Lipinski definition) is 5. The Kier molecular flexibility index (Phi) is 7.87. The quantitative estimate of drug-likeness (QED) is 0.318. The Labute approximate surface area is 207 Å². The predicted molar refractivity (Wildman–Crippen MR) is 134 cm³/mol. The zero-order valence-electron chi connectivity index (χ0n) is 19.7. The van der Waals surface area contributed by atoms with Gasteiger partial charge in [-0.1, -0.05) is 42.5 Å². The van der Waals surface area contributed by atoms with Crippen molar-refractivity contribution in [3.05, 3.63) is 101 Å². The van der Waals surface area contributed by atoms with Crippen LogP contribution in [-0.2, 0) is 22.6 Å². The lowest BCUT2D eigenvalue weighted by molar-refractivity contribution is -0.117. The van der Waals surface area contributed by atoms with E-state index >= 15 is 0 Å². The van der Waals surface area contributed by atoms with Gasteiger partial charge in [0.15, 0.2) is 5.75 Å². The molecular weight excluding hydrogens is 463 g/mol. The molecule has 1 aromatic heterocycles. The number of hydrogen-bond donors (Lipinski definition) is 2. The number of carboxylic acids is 1. The standard InChI is InChI=1S/C28H25FN2O5/c1-35-12-11-25(32)31-24-15-23(28(33)34)27(36-17-19-5-3-2-4-6-19)26-22(24)14-20(16-30-26)13-18-7-9-21(29)10-8-18/h2-10,14-16H,11-13,17H2,1H3,(H,31,32)(H,33,34). The summed E-state index contributed by atoms with van der Waals surface area (Å²) < 4.78 is 24.3. The van der Waals surface area contributed by atoms with Gasteiger partial charge >= 0.3 is 5.97 Å². The van der Waals surface area contributed by atoms with Crippen LogP contribution in [0.15, 0.2) is 72.9 Å². The number of halogens is 1. The minimum Gasteiger partial charge on any atom is -0.486 e. The Morgan fingerprint density at radius 1 is 1.00 bits per heavy atom. The number of ether oxygens (including phenoxy) is 2. The van der Waals surface area contributed by atoms with Crippen LogP contribution in [0.4, 0.5) is 10.1 Å². The van der Waals surface area contributed by atoms with Crippen LogP contribution in [0.5, 0.6) is 5.75 Å². The van der Waals surface area contributed by atoms with Gasteiger partial charge in [0.2, 0.25) is 5.91 Å². The molecule has 0 atom stereocenters. The van der Waals surface area contributed by atoms with E-state index in [1.54, 1.807) is 18.3 Å². The van der Waals surface area contributed by atoms with E-state index in [1.807, 2.05) is 36.4 Å². The second kappa shape index (κ2) is 11.4. The van der Waals surface area contributed by atoms with Crippen molar-refractivity contribution in [2.75, 3.05) is 19.0 Å². The second-order valence-electron chi connectivity index (χ2n) is 8.21. The van der Waals surface area contributed by atoms with E-state index in [2.05, 4.69) is 10.3 Å². The first kappa shape index (κ1) is 24.8. The summed E-state index contributed by atoms with van der Waals surface area (Å²) in [6, 6.07) is 18.7. The van der Waals surface area contributed by atoms with Crippen LogP contribution < -0.4 is 10.1 Å². The van der Waals surface area contributed by atoms with Gasteiger partial charge < -0.3 is 19.9 Å². The average molecular weight is 489 g/mol. The van der Waals surface area contributed by atoms with Crippen LogP contribution in [-0.4, -0.2) is 35.7 Å². The maximum Gasteiger partial charge on any atom is 0.339 e. The van der Waals surface area contributed by atoms with Crippen LogP contribution in [0, 0.1) is 5.82 Å². The van der Waals surface area contributed by atoms with Gasteiger partial charge in [0.05, 0.1) is 18.7 Å². The number of carbonyl (C=O) groups excluding carboxylic acids is 1. The van der Waals surface area contributed by atoms with Crippen molar-refractivity contribution >= 4 is 28.5 Å². The predicted octanol–water partition coefficient (Wildman–Crippen LogP) is 5.22. The lowest BCUT2D eigenvalue weighted by Gasteiger charge is -2.16. The number of aromatic carboxylic acids is 1. The summed E-state index contributed by atoms with van der Waals surface area (Å²) in [5.41, 5.74) is 3.07. The first-order valence-corrected chi connectivity index (χ1v) is 11.3. The number of amides is 1. The van der Waals surface area contributed by atoms with Crippen molar-refractivity contribution in [2.24, 2.45) is 0 Å². The molecule has 36 heavy (non-hydrogen) atoms. The number of methoxy groups -OCH3 is 1. The van der Waals surface area contributed by atoms with E-state index in [0.29, 0.717) is 23.0 Å². The first-order valence-electron chi connectivity index (χ1n) is 11.3. The zero-order valence-corrected chi connectivity index (χ0v) is 19.7. The molecule has 0 unspecified atom stereocenters. The molecule has 1 amide bonds. The molecule has 0 saturated heterocycles. The Morgan fingerprint density at radius 2 is 1.75 bits per heavy atom. The number of nitrogens with zero attached hydrogens (tertiary/aromatic N) is 1. The molecule has 3 aromatic carbocycles. The lowest BCUT2D eigenvalue weighted by Crippen LogP contribution is -2.15. The maximum atomic E-state index is 13.3. The number of carboxylic acid groups (broad SMARTS) is 1. The molecule has 2 N–H and O–H groups in total. The van der Waals surface area contributed by atoms with Crippen molar-refractivity contribution in [1.29, 1.82) is 0 Å². The number of fused-ring (bicyclic) bond motifs is 1. The Hall–Kier alpha value is -4.30. The summed E-state index contributed by atoms with van der Waals surface area (Å²) in [5, 5.41) is 13.2. The van der Waals surface area contributed by atoms with E-state index in [-0.39, 0.29) is 42.7 Å². The molecule has 8 heteroatoms. The van der Waals surface area contributed by atoms with Crippen LogP contribution in [0.1, 0.15) is 33.5 Å². The highest BCUT2D eigenvalue weighted by Crippen LogP contribution is 2.36. The minimum absolute atomic E-state index is 0.107. The molecule has 4 aromatic rings. The van der Waals surface area contributed by atoms with Crippen molar-refractivity contribution < 1.29 is 28.6 Å². The normalized spacial score (nSPS) is 10.8. The summed E-state index contributed by atoms with van der Waals surface area (Å²) in [7, 11) is 1.50. The first-order chi connectivity index (χ1) is 17.4. The Bertz CT molecular complexity index is 1370. The van der Waals surface area contributed by atoms with Gasteiger partial charge in [-0.3, -0.25) is 9.78 Å². The summed E-state index contributed by atoms with van der Waals surface area (Å²) in [6.07, 6.45) is 2.21. The molecule has 0 aliphatic heterocycles. The topological polar surface area (TPSA) is 97.8 Å². The molecule has 0 bridgehead atoms. The number of anilines is 1. The molecule has 7 nitrogen and oxygen atoms in total. The molecule has 0 spiro atoms. The Balaban J connectivity index is 1.78. The number of aromatic nitrogens is 1. The summed E-state index contributed by atoms with van der Waals surface area (Å²) in [6.45, 7) is 0.372. The van der Waals surface area contributed by atoms with Gasteiger partial charge in [0.25, 0.3) is 0 Å². The number of carbonyl (C=O) groups is 2. The Morgan fingerprint density at radius 3 is 2.44 bits per heavy atom. The molecule has 0 radical (unpaired) electrons. The highest BCUT2D eigenvalue weighted by atomic mass is 19.1. The van der Waals surface area contributed by atoms with Crippen LogP contribution >= 0.6 is 0 Å². The monoisotopic (exact) mass is 488 g/mol. The molecule has 0 saturated carbocycles. The third-order valence-corrected chi connectivity index (χ3v) is 5.57. The van der Waals surface area contributed by atoms with Gasteiger partial charge in [-0.2, -0.15) is 0 Å². The molecular formula is C28H25FN2O5. The van der Waals surface area contributed by atoms with Gasteiger partial charge in [-0.05, 0) is 47.4 Å². The van der Waals surface area contributed by atoms with Crippen molar-refractivity contribution in [3.63, 3.8) is 0 Å². The third-order valence-electron chi connectivity index (χ3n) is 5.57. The van der Waals surface area contributed by atoms with Gasteiger partial charge in [-0.25, -0.2) is 9.18 Å². The smallest absolute Gasteiger partial charge is 0.339 e. The van der Waals surface area contributed by atoms with E-state index in [1.165, 1.54) is 25.3 Å². The van der Waals surface area contributed by atoms with E-state index < -0.39 is 5.97 Å². The summed E-state index contributed by atoms with van der Waals surface area (Å²) in [5.74, 6) is -1.73. The van der Waals surface area contributed by atoms with Crippen molar-refractivity contribution in [3.8, 4) is 5.75 Å². The molecule has 0 aliphatic carbocycles. The number of rotatable bonds is 10. The van der Waals surface area contributed by atoms with E-state index in [4.69, 9.17) is 9.47 Å². The fourth-order valence-corrected chi connectivity index (χ4v) is 3.79. The van der Waals surface area contributed by atoms with Gasteiger partial charge in [-0.15, -0.1) is 0 Å². The highest BCUT2D eigenvalue weighted by molar-refractivity contribution is 6.08. The van der Waals surface area contributed by atoms with Gasteiger partial charge in [0.1, 0.15) is 23.5 Å². The molecule has 0 aliphatic rings. The van der Waals surface area contributed by atoms with Crippen LogP contribution in [0.3, 0.4) is 0 Å². The average Bonchev–Trinajstić information content (AvgIpc) is 2.88. The maximum absolute atomic E-state index is 13.3. The van der Waals surface area contributed by atoms with E-state index in [0.717, 1.165) is 16.7 Å². The van der Waals surface area contributed by atoms with Crippen molar-refractivity contribution in [2.45, 2.75) is 19.4 Å². The number of nitrogens with one attached hydrogen (secondary N) is 1. The SMILES string of the molecule is COCCC(=O)Nc1cc(C(=O)O)c(OCc2ccccc2)c2ncc(Cc3ccc(F)cc3)cc12.